The van der Waals surface area contributed by atoms with Crippen molar-refractivity contribution in [3.05, 3.63) is 28.2 Å². The SMILES string of the molecule is OC(CCl)CN1CCN(c2ccc(Cl)c(Cl)c2)CC1. The summed E-state index contributed by atoms with van der Waals surface area (Å²) in [6.07, 6.45) is -0.446. The van der Waals surface area contributed by atoms with Crippen LogP contribution in [-0.4, -0.2) is 54.7 Å². The fourth-order valence-electron chi connectivity index (χ4n) is 2.22. The van der Waals surface area contributed by atoms with Gasteiger partial charge in [-0.25, -0.2) is 0 Å². The van der Waals surface area contributed by atoms with Crippen molar-refractivity contribution >= 4 is 40.5 Å². The average Bonchev–Trinajstić information content (AvgIpc) is 2.42. The molecule has 1 aliphatic rings. The third-order valence-corrected chi connectivity index (χ3v) is 4.38. The molecule has 1 atom stereocenters. The zero-order chi connectivity index (χ0) is 13.8. The first-order valence-corrected chi connectivity index (χ1v) is 7.55. The van der Waals surface area contributed by atoms with Gasteiger partial charge in [-0.1, -0.05) is 23.2 Å². The van der Waals surface area contributed by atoms with Crippen molar-refractivity contribution < 1.29 is 5.11 Å². The van der Waals surface area contributed by atoms with Crippen LogP contribution in [0.4, 0.5) is 5.69 Å². The van der Waals surface area contributed by atoms with Gasteiger partial charge in [-0.05, 0) is 18.2 Å². The molecule has 1 saturated heterocycles. The number of β-amino-alcohol motifs (C(OH)–C–C–N with tert-alkyl or cyclic N) is 1. The highest BCUT2D eigenvalue weighted by molar-refractivity contribution is 6.42. The minimum Gasteiger partial charge on any atom is -0.391 e. The van der Waals surface area contributed by atoms with Crippen molar-refractivity contribution in [3.8, 4) is 0 Å². The Balaban J connectivity index is 1.90. The van der Waals surface area contributed by atoms with Crippen molar-refractivity contribution in [2.24, 2.45) is 0 Å². The Bertz CT molecular complexity index is 422. The lowest BCUT2D eigenvalue weighted by molar-refractivity contribution is 0.125. The first kappa shape index (κ1) is 15.2. The van der Waals surface area contributed by atoms with Gasteiger partial charge >= 0.3 is 0 Å². The van der Waals surface area contributed by atoms with Crippen LogP contribution in [0.5, 0.6) is 0 Å². The van der Waals surface area contributed by atoms with E-state index in [1.807, 2.05) is 18.2 Å². The molecule has 0 bridgehead atoms. The number of benzene rings is 1. The smallest absolute Gasteiger partial charge is 0.0802 e. The van der Waals surface area contributed by atoms with E-state index in [-0.39, 0.29) is 5.88 Å². The summed E-state index contributed by atoms with van der Waals surface area (Å²) >= 11 is 17.6. The Morgan fingerprint density at radius 3 is 2.37 bits per heavy atom. The van der Waals surface area contributed by atoms with E-state index in [0.717, 1.165) is 31.9 Å². The molecule has 0 aliphatic carbocycles. The van der Waals surface area contributed by atoms with Crippen molar-refractivity contribution in [1.29, 1.82) is 0 Å². The van der Waals surface area contributed by atoms with Crippen LogP contribution in [-0.2, 0) is 0 Å². The Labute approximate surface area is 128 Å². The number of nitrogens with zero attached hydrogens (tertiary/aromatic N) is 2. The summed E-state index contributed by atoms with van der Waals surface area (Å²) < 4.78 is 0. The summed E-state index contributed by atoms with van der Waals surface area (Å²) in [5.74, 6) is 0.285. The second kappa shape index (κ2) is 7.00. The number of aliphatic hydroxyl groups is 1. The predicted molar refractivity (Wildman–Crippen MR) is 81.8 cm³/mol. The molecule has 1 unspecified atom stereocenters. The summed E-state index contributed by atoms with van der Waals surface area (Å²) in [5, 5.41) is 10.7. The van der Waals surface area contributed by atoms with Gasteiger partial charge in [0.1, 0.15) is 0 Å². The van der Waals surface area contributed by atoms with Gasteiger partial charge in [-0.15, -0.1) is 11.6 Å². The Morgan fingerprint density at radius 2 is 1.79 bits per heavy atom. The van der Waals surface area contributed by atoms with Gasteiger partial charge in [-0.2, -0.15) is 0 Å². The predicted octanol–water partition coefficient (Wildman–Crippen LogP) is 2.72. The van der Waals surface area contributed by atoms with E-state index in [1.54, 1.807) is 0 Å². The molecule has 1 heterocycles. The summed E-state index contributed by atoms with van der Waals surface area (Å²) in [7, 11) is 0. The van der Waals surface area contributed by atoms with Crippen molar-refractivity contribution in [1.82, 2.24) is 4.90 Å². The quantitative estimate of drug-likeness (QED) is 0.863. The Hall–Kier alpha value is -0.190. The van der Waals surface area contributed by atoms with E-state index in [1.165, 1.54) is 0 Å². The Morgan fingerprint density at radius 1 is 1.11 bits per heavy atom. The normalized spacial score (nSPS) is 18.6. The molecule has 0 spiro atoms. The zero-order valence-electron chi connectivity index (χ0n) is 10.5. The molecule has 1 aromatic carbocycles. The third kappa shape index (κ3) is 4.14. The van der Waals surface area contributed by atoms with E-state index >= 15 is 0 Å². The van der Waals surface area contributed by atoms with Crippen LogP contribution in [0.2, 0.25) is 10.0 Å². The van der Waals surface area contributed by atoms with E-state index in [2.05, 4.69) is 9.80 Å². The number of anilines is 1. The fraction of sp³-hybridized carbons (Fsp3) is 0.538. The maximum atomic E-state index is 9.54. The van der Waals surface area contributed by atoms with E-state index in [4.69, 9.17) is 34.8 Å². The molecule has 6 heteroatoms. The second-order valence-corrected chi connectivity index (χ2v) is 5.82. The first-order valence-electron chi connectivity index (χ1n) is 6.26. The standard InChI is InChI=1S/C13H17Cl3N2O/c14-8-11(19)9-17-3-5-18(6-4-17)10-1-2-12(15)13(16)7-10/h1-2,7,11,19H,3-6,8-9H2. The van der Waals surface area contributed by atoms with E-state index in [0.29, 0.717) is 16.6 Å². The van der Waals surface area contributed by atoms with Crippen molar-refractivity contribution in [3.63, 3.8) is 0 Å². The number of alkyl halides is 1. The summed E-state index contributed by atoms with van der Waals surface area (Å²) in [5.41, 5.74) is 1.09. The monoisotopic (exact) mass is 322 g/mol. The topological polar surface area (TPSA) is 26.7 Å². The summed E-state index contributed by atoms with van der Waals surface area (Å²) in [6.45, 7) is 4.28. The zero-order valence-corrected chi connectivity index (χ0v) is 12.8. The van der Waals surface area contributed by atoms with Crippen LogP contribution in [0.1, 0.15) is 0 Å². The van der Waals surface area contributed by atoms with Crippen LogP contribution >= 0.6 is 34.8 Å². The molecule has 0 aromatic heterocycles. The molecule has 0 amide bonds. The molecule has 19 heavy (non-hydrogen) atoms. The first-order chi connectivity index (χ1) is 9.10. The molecule has 3 nitrogen and oxygen atoms in total. The van der Waals surface area contributed by atoms with E-state index in [9.17, 15) is 5.11 Å². The summed E-state index contributed by atoms with van der Waals surface area (Å²) in [4.78, 5) is 4.49. The van der Waals surface area contributed by atoms with Gasteiger partial charge in [0.25, 0.3) is 0 Å². The largest absolute Gasteiger partial charge is 0.391 e. The Kier molecular flexibility index (Phi) is 5.60. The van der Waals surface area contributed by atoms with Gasteiger partial charge in [-0.3, -0.25) is 4.90 Å². The lowest BCUT2D eigenvalue weighted by Crippen LogP contribution is -2.48. The molecule has 2 rings (SSSR count). The van der Waals surface area contributed by atoms with Gasteiger partial charge in [0, 0.05) is 44.3 Å². The molecule has 106 valence electrons. The average molecular weight is 324 g/mol. The maximum Gasteiger partial charge on any atom is 0.0802 e. The molecule has 1 aromatic rings. The van der Waals surface area contributed by atoms with E-state index < -0.39 is 6.10 Å². The van der Waals surface area contributed by atoms with Crippen molar-refractivity contribution in [2.75, 3.05) is 43.5 Å². The highest BCUT2D eigenvalue weighted by atomic mass is 35.5. The minimum absolute atomic E-state index is 0.285. The van der Waals surface area contributed by atoms with Gasteiger partial charge in [0.15, 0.2) is 0 Å². The molecule has 1 N–H and O–H groups in total. The molecule has 1 fully saturated rings. The second-order valence-electron chi connectivity index (χ2n) is 4.69. The third-order valence-electron chi connectivity index (χ3n) is 3.29. The van der Waals surface area contributed by atoms with Crippen LogP contribution in [0.15, 0.2) is 18.2 Å². The number of halogens is 3. The molecular weight excluding hydrogens is 307 g/mol. The highest BCUT2D eigenvalue weighted by Crippen LogP contribution is 2.27. The lowest BCUT2D eigenvalue weighted by Gasteiger charge is -2.36. The molecule has 0 radical (unpaired) electrons. The number of hydrogen-bond donors (Lipinski definition) is 1. The minimum atomic E-state index is -0.446. The maximum absolute atomic E-state index is 9.54. The number of hydrogen-bond acceptors (Lipinski definition) is 3. The van der Waals surface area contributed by atoms with Crippen molar-refractivity contribution in [2.45, 2.75) is 6.10 Å². The van der Waals surface area contributed by atoms with Crippen LogP contribution in [0.3, 0.4) is 0 Å². The number of aliphatic hydroxyl groups excluding tert-OH is 1. The van der Waals surface area contributed by atoms with Gasteiger partial charge in [0.05, 0.1) is 16.1 Å². The molecular formula is C13H17Cl3N2O. The fourth-order valence-corrected chi connectivity index (χ4v) is 2.61. The molecule has 1 aliphatic heterocycles. The molecule has 0 saturated carbocycles. The van der Waals surface area contributed by atoms with Gasteiger partial charge in [0.2, 0.25) is 0 Å². The van der Waals surface area contributed by atoms with Crippen LogP contribution in [0.25, 0.3) is 0 Å². The van der Waals surface area contributed by atoms with Crippen LogP contribution < -0.4 is 4.90 Å². The van der Waals surface area contributed by atoms with Gasteiger partial charge < -0.3 is 10.0 Å². The highest BCUT2D eigenvalue weighted by Gasteiger charge is 2.19. The van der Waals surface area contributed by atoms with Crippen LogP contribution in [0, 0.1) is 0 Å². The summed E-state index contributed by atoms with van der Waals surface area (Å²) in [6, 6.07) is 5.70. The number of piperazine rings is 1. The lowest BCUT2D eigenvalue weighted by atomic mass is 10.2. The number of rotatable bonds is 4.